The number of para-hydroxylation sites is 3. The number of furan rings is 2. The van der Waals surface area contributed by atoms with Crippen molar-refractivity contribution < 1.29 is 8.83 Å². The highest BCUT2D eigenvalue weighted by molar-refractivity contribution is 6.30. The molecule has 0 amide bonds. The van der Waals surface area contributed by atoms with E-state index in [9.17, 15) is 0 Å². The maximum Gasteiger partial charge on any atom is 0.159 e. The van der Waals surface area contributed by atoms with Gasteiger partial charge in [0.25, 0.3) is 0 Å². The summed E-state index contributed by atoms with van der Waals surface area (Å²) in [5.41, 5.74) is 10.2. The lowest BCUT2D eigenvalue weighted by atomic mass is 9.89. The minimum absolute atomic E-state index is 0.864. The van der Waals surface area contributed by atoms with E-state index in [-0.39, 0.29) is 0 Å². The Hall–Kier alpha value is -8.40. The second-order valence-corrected chi connectivity index (χ2v) is 17.2. The van der Waals surface area contributed by atoms with Crippen molar-refractivity contribution in [2.45, 2.75) is 6.92 Å². The summed E-state index contributed by atoms with van der Waals surface area (Å²) in [6.45, 7) is 2.20. The number of fused-ring (bicyclic) bond motifs is 15. The van der Waals surface area contributed by atoms with Gasteiger partial charge in [0.05, 0.1) is 11.4 Å². The third kappa shape index (κ3) is 4.98. The molecular weight excluding hydrogens is 779 g/mol. The van der Waals surface area contributed by atoms with Crippen LogP contribution >= 0.6 is 0 Å². The summed E-state index contributed by atoms with van der Waals surface area (Å²) in [5, 5.41) is 19.0. The van der Waals surface area contributed by atoms with Gasteiger partial charge in [0.2, 0.25) is 0 Å². The Bertz CT molecular complexity index is 4230. The summed E-state index contributed by atoms with van der Waals surface area (Å²) in [4.78, 5) is 2.43. The summed E-state index contributed by atoms with van der Waals surface area (Å²) in [6, 6.07) is 74.9. The molecule has 0 saturated carbocycles. The van der Waals surface area contributed by atoms with E-state index >= 15 is 0 Å². The van der Waals surface area contributed by atoms with E-state index in [1.165, 1.54) is 65.0 Å². The highest BCUT2D eigenvalue weighted by Crippen LogP contribution is 2.51. The zero-order valence-electron chi connectivity index (χ0n) is 34.9. The van der Waals surface area contributed by atoms with Crippen LogP contribution in [0.25, 0.3) is 120 Å². The van der Waals surface area contributed by atoms with Gasteiger partial charge < -0.3 is 13.7 Å². The standard InChI is InChI=1S/C61H37NO2/c1-36-15-2-12-26-54(36)62(55-27-14-25-47-42-20-11-13-28-56(42)64-61(47)55)60-45-23-9-7-21-43(45)59(44-22-8-10-24-46(44)60)39-29-30-57-52(33-39)53-34-50-49-32-38-17-4-3-16-37(38)31-48(49)40-18-5-6-19-41(40)51(50)35-58(53)63-57/h2-35H,1H3. The largest absolute Gasteiger partial charge is 0.456 e. The molecule has 0 unspecified atom stereocenters. The van der Waals surface area contributed by atoms with Crippen LogP contribution in [0, 0.1) is 6.92 Å². The molecule has 0 aliphatic heterocycles. The summed E-state index contributed by atoms with van der Waals surface area (Å²) in [7, 11) is 0. The predicted molar refractivity (Wildman–Crippen MR) is 271 cm³/mol. The summed E-state index contributed by atoms with van der Waals surface area (Å²) in [5.74, 6) is 0. The van der Waals surface area contributed by atoms with E-state index in [1.807, 2.05) is 6.07 Å². The monoisotopic (exact) mass is 815 g/mol. The van der Waals surface area contributed by atoms with Gasteiger partial charge in [0, 0.05) is 38.0 Å². The Morgan fingerprint density at radius 2 is 0.828 bits per heavy atom. The third-order valence-corrected chi connectivity index (χ3v) is 13.7. The second kappa shape index (κ2) is 13.3. The van der Waals surface area contributed by atoms with Crippen molar-refractivity contribution in [3.8, 4) is 11.1 Å². The Labute approximate surface area is 367 Å². The molecule has 0 bridgehead atoms. The Kier molecular flexibility index (Phi) is 7.32. The van der Waals surface area contributed by atoms with Crippen molar-refractivity contribution in [2.75, 3.05) is 4.90 Å². The van der Waals surface area contributed by atoms with Crippen molar-refractivity contribution in [1.82, 2.24) is 0 Å². The molecule has 0 atom stereocenters. The number of benzene rings is 12. The fourth-order valence-corrected chi connectivity index (χ4v) is 10.8. The van der Waals surface area contributed by atoms with Crippen LogP contribution in [0.1, 0.15) is 5.56 Å². The maximum absolute atomic E-state index is 6.77. The zero-order chi connectivity index (χ0) is 42.0. The van der Waals surface area contributed by atoms with Gasteiger partial charge in [0.15, 0.2) is 5.58 Å². The van der Waals surface area contributed by atoms with Gasteiger partial charge in [-0.15, -0.1) is 0 Å². The molecule has 0 aliphatic carbocycles. The predicted octanol–water partition coefficient (Wildman–Crippen LogP) is 17.8. The Morgan fingerprint density at radius 1 is 0.312 bits per heavy atom. The molecular formula is C61H37NO2. The summed E-state index contributed by atoms with van der Waals surface area (Å²) in [6.07, 6.45) is 0. The van der Waals surface area contributed by atoms with Crippen LogP contribution in [0.3, 0.4) is 0 Å². The molecule has 0 saturated heterocycles. The third-order valence-electron chi connectivity index (χ3n) is 13.7. The lowest BCUT2D eigenvalue weighted by Gasteiger charge is -2.30. The lowest BCUT2D eigenvalue weighted by Crippen LogP contribution is -2.13. The molecule has 0 aliphatic rings. The van der Waals surface area contributed by atoms with Crippen molar-refractivity contribution in [3.05, 3.63) is 212 Å². The molecule has 0 N–H and O–H groups in total. The maximum atomic E-state index is 6.77. The second-order valence-electron chi connectivity index (χ2n) is 17.2. The number of rotatable bonds is 4. The zero-order valence-corrected chi connectivity index (χ0v) is 34.9. The highest BCUT2D eigenvalue weighted by atomic mass is 16.3. The van der Waals surface area contributed by atoms with Crippen LogP contribution in [0.15, 0.2) is 215 Å². The summed E-state index contributed by atoms with van der Waals surface area (Å²) < 4.78 is 13.5. The quantitative estimate of drug-likeness (QED) is 0.131. The SMILES string of the molecule is Cc1ccccc1N(c1c2ccccc2c(-c2ccc3oc4cc5c6ccccc6c6cc7ccccc7cc6c5cc4c3c2)c2ccccc12)c1cccc2c1oc1ccccc12. The van der Waals surface area contributed by atoms with Crippen molar-refractivity contribution in [3.63, 3.8) is 0 Å². The van der Waals surface area contributed by atoms with Gasteiger partial charge in [-0.05, 0) is 132 Å². The highest BCUT2D eigenvalue weighted by Gasteiger charge is 2.26. The van der Waals surface area contributed by atoms with Gasteiger partial charge in [-0.3, -0.25) is 0 Å². The molecule has 298 valence electrons. The molecule has 14 rings (SSSR count). The van der Waals surface area contributed by atoms with Gasteiger partial charge in [0.1, 0.15) is 16.7 Å². The molecule has 12 aromatic carbocycles. The smallest absolute Gasteiger partial charge is 0.159 e. The Balaban J connectivity index is 1.05. The van der Waals surface area contributed by atoms with E-state index in [1.54, 1.807) is 0 Å². The van der Waals surface area contributed by atoms with Gasteiger partial charge in [-0.1, -0.05) is 152 Å². The van der Waals surface area contributed by atoms with Crippen LogP contribution < -0.4 is 4.90 Å². The van der Waals surface area contributed by atoms with Crippen LogP contribution in [0.5, 0.6) is 0 Å². The lowest BCUT2D eigenvalue weighted by molar-refractivity contribution is 0.669. The molecule has 0 fully saturated rings. The first-order valence-electron chi connectivity index (χ1n) is 22.0. The molecule has 0 spiro atoms. The first kappa shape index (κ1) is 35.2. The van der Waals surface area contributed by atoms with Crippen LogP contribution in [0.2, 0.25) is 0 Å². The van der Waals surface area contributed by atoms with E-state index in [0.717, 1.165) is 77.3 Å². The average Bonchev–Trinajstić information content (AvgIpc) is 3.91. The number of hydrogen-bond acceptors (Lipinski definition) is 3. The van der Waals surface area contributed by atoms with E-state index in [0.29, 0.717) is 0 Å². The average molecular weight is 816 g/mol. The topological polar surface area (TPSA) is 29.5 Å². The van der Waals surface area contributed by atoms with E-state index < -0.39 is 0 Å². The first-order chi connectivity index (χ1) is 31.7. The van der Waals surface area contributed by atoms with Gasteiger partial charge >= 0.3 is 0 Å². The van der Waals surface area contributed by atoms with Crippen molar-refractivity contribution in [1.29, 1.82) is 0 Å². The van der Waals surface area contributed by atoms with Crippen LogP contribution in [0.4, 0.5) is 17.1 Å². The number of hydrogen-bond donors (Lipinski definition) is 0. The molecule has 64 heavy (non-hydrogen) atoms. The first-order valence-corrected chi connectivity index (χ1v) is 22.0. The molecule has 0 radical (unpaired) electrons. The van der Waals surface area contributed by atoms with E-state index in [4.69, 9.17) is 8.83 Å². The normalized spacial score (nSPS) is 12.1. The fourth-order valence-electron chi connectivity index (χ4n) is 10.8. The Morgan fingerprint density at radius 3 is 1.55 bits per heavy atom. The van der Waals surface area contributed by atoms with Gasteiger partial charge in [-0.25, -0.2) is 0 Å². The van der Waals surface area contributed by atoms with Gasteiger partial charge in [-0.2, -0.15) is 0 Å². The molecule has 2 heterocycles. The fraction of sp³-hybridized carbons (Fsp3) is 0.0164. The molecule has 3 nitrogen and oxygen atoms in total. The number of aryl methyl sites for hydroxylation is 1. The summed E-state index contributed by atoms with van der Waals surface area (Å²) >= 11 is 0. The molecule has 3 heteroatoms. The van der Waals surface area contributed by atoms with Crippen LogP contribution in [-0.4, -0.2) is 0 Å². The minimum atomic E-state index is 0.864. The van der Waals surface area contributed by atoms with Crippen LogP contribution in [-0.2, 0) is 0 Å². The van der Waals surface area contributed by atoms with E-state index in [2.05, 4.69) is 212 Å². The number of anilines is 3. The van der Waals surface area contributed by atoms with Crippen molar-refractivity contribution in [2.24, 2.45) is 0 Å². The minimum Gasteiger partial charge on any atom is -0.456 e. The molecule has 2 aromatic heterocycles. The molecule has 14 aromatic rings. The number of nitrogens with zero attached hydrogens (tertiary/aromatic N) is 1. The van der Waals surface area contributed by atoms with Crippen molar-refractivity contribution >= 4 is 126 Å².